The van der Waals surface area contributed by atoms with Gasteiger partial charge in [-0.25, -0.2) is 4.79 Å². The van der Waals surface area contributed by atoms with Crippen molar-refractivity contribution in [1.29, 1.82) is 5.26 Å². The largest absolute Gasteiger partial charge is 0.412 e. The fraction of sp³-hybridized carbons (Fsp3) is 0.290. The predicted octanol–water partition coefficient (Wildman–Crippen LogP) is 6.70. The van der Waals surface area contributed by atoms with E-state index in [1.54, 1.807) is 24.3 Å². The first kappa shape index (κ1) is 25.8. The van der Waals surface area contributed by atoms with Crippen LogP contribution in [0.2, 0.25) is 0 Å². The fourth-order valence-corrected chi connectivity index (χ4v) is 4.37. The second-order valence-corrected chi connectivity index (χ2v) is 9.34. The number of nitrogens with one attached hydrogen (secondary N) is 1. The molecule has 1 heterocycles. The third-order valence-electron chi connectivity index (χ3n) is 6.31. The molecule has 4 rings (SSSR count). The number of hydrogen-bond donors (Lipinski definition) is 1. The van der Waals surface area contributed by atoms with E-state index in [9.17, 15) is 4.79 Å². The Bertz CT molecular complexity index is 1220. The highest BCUT2D eigenvalue weighted by molar-refractivity contribution is 6.54. The molecule has 0 bridgehead atoms. The van der Waals surface area contributed by atoms with Gasteiger partial charge in [0.1, 0.15) is 11.4 Å². The number of carbonyl (C=O) groups is 1. The molecule has 0 saturated carbocycles. The van der Waals surface area contributed by atoms with Crippen LogP contribution < -0.4 is 10.1 Å². The monoisotopic (exact) mass is 492 g/mol. The molecule has 3 aromatic rings. The second kappa shape index (κ2) is 12.6. The molecule has 0 aromatic heterocycles. The Morgan fingerprint density at radius 1 is 0.811 bits per heavy atom. The molecule has 0 aliphatic carbocycles. The summed E-state index contributed by atoms with van der Waals surface area (Å²) in [5, 5.41) is 11.6. The summed E-state index contributed by atoms with van der Waals surface area (Å²) in [4.78, 5) is 22.1. The van der Waals surface area contributed by atoms with Gasteiger partial charge in [0.05, 0.1) is 23.1 Å². The zero-order valence-electron chi connectivity index (χ0n) is 21.2. The summed E-state index contributed by atoms with van der Waals surface area (Å²) >= 11 is 0. The predicted molar refractivity (Wildman–Crippen MR) is 147 cm³/mol. The highest BCUT2D eigenvalue weighted by Crippen LogP contribution is 2.30. The number of nitriles is 1. The van der Waals surface area contributed by atoms with Crippen LogP contribution in [0.3, 0.4) is 0 Å². The summed E-state index contributed by atoms with van der Waals surface area (Å²) in [6.07, 6.45) is 5.58. The number of carbonyl (C=O) groups excluding carboxylic acids is 1. The molecule has 1 amide bonds. The summed E-state index contributed by atoms with van der Waals surface area (Å²) in [7, 11) is 0. The average molecular weight is 493 g/mol. The first-order valence-electron chi connectivity index (χ1n) is 12.8. The van der Waals surface area contributed by atoms with E-state index < -0.39 is 11.8 Å². The lowest BCUT2D eigenvalue weighted by Gasteiger charge is -2.17. The van der Waals surface area contributed by atoms with Crippen molar-refractivity contribution in [3.63, 3.8) is 0 Å². The van der Waals surface area contributed by atoms with E-state index in [1.807, 2.05) is 42.5 Å². The van der Waals surface area contributed by atoms with E-state index in [2.05, 4.69) is 36.5 Å². The number of amides is 1. The van der Waals surface area contributed by atoms with Crippen LogP contribution in [0.15, 0.2) is 94.9 Å². The van der Waals surface area contributed by atoms with E-state index in [0.717, 1.165) is 61.1 Å². The van der Waals surface area contributed by atoms with Gasteiger partial charge in [0.25, 0.3) is 0 Å². The fourth-order valence-electron chi connectivity index (χ4n) is 4.37. The number of benzene rings is 3. The molecule has 1 aliphatic rings. The normalized spacial score (nSPS) is 13.8. The van der Waals surface area contributed by atoms with Gasteiger partial charge in [0.2, 0.25) is 0 Å². The van der Waals surface area contributed by atoms with E-state index in [0.29, 0.717) is 17.9 Å². The van der Waals surface area contributed by atoms with E-state index in [1.165, 1.54) is 0 Å². The van der Waals surface area contributed by atoms with Crippen molar-refractivity contribution in [3.8, 4) is 11.8 Å². The summed E-state index contributed by atoms with van der Waals surface area (Å²) in [6, 6.07) is 29.1. The van der Waals surface area contributed by atoms with Crippen LogP contribution >= 0.6 is 0 Å². The van der Waals surface area contributed by atoms with Gasteiger partial charge in [-0.15, -0.1) is 0 Å². The number of ether oxygens (including phenoxy) is 1. The maximum Gasteiger partial charge on any atom is 0.412 e. The van der Waals surface area contributed by atoms with E-state index >= 15 is 0 Å². The van der Waals surface area contributed by atoms with Crippen molar-refractivity contribution in [3.05, 3.63) is 102 Å². The summed E-state index contributed by atoms with van der Waals surface area (Å²) in [5.41, 5.74) is 4.20. The van der Waals surface area contributed by atoms with Crippen LogP contribution in [0.4, 0.5) is 4.79 Å². The first-order valence-corrected chi connectivity index (χ1v) is 12.8. The maximum atomic E-state index is 11.9. The Balaban J connectivity index is 1.19. The van der Waals surface area contributed by atoms with E-state index in [-0.39, 0.29) is 0 Å². The van der Waals surface area contributed by atoms with Gasteiger partial charge in [-0.05, 0) is 50.5 Å². The molecule has 37 heavy (non-hydrogen) atoms. The van der Waals surface area contributed by atoms with Crippen LogP contribution in [0.1, 0.15) is 62.1 Å². The SMILES string of the molecule is CC1(CCCCCCCNC(=O)Oc2ccc(C#N)cc2)N=C(c2ccccc2)C(c2ccccc2)=N1. The van der Waals surface area contributed by atoms with Crippen LogP contribution in [0.5, 0.6) is 5.75 Å². The molecular formula is C31H32N4O2. The second-order valence-electron chi connectivity index (χ2n) is 9.34. The molecule has 0 atom stereocenters. The van der Waals surface area contributed by atoms with Gasteiger partial charge in [-0.1, -0.05) is 79.9 Å². The number of hydrogen-bond acceptors (Lipinski definition) is 5. The molecule has 1 N–H and O–H groups in total. The maximum absolute atomic E-state index is 11.9. The van der Waals surface area contributed by atoms with Gasteiger partial charge in [0, 0.05) is 17.7 Å². The minimum absolute atomic E-state index is 0.424. The molecule has 1 aliphatic heterocycles. The van der Waals surface area contributed by atoms with Crippen molar-refractivity contribution in [2.45, 2.75) is 51.1 Å². The Morgan fingerprint density at radius 3 is 1.92 bits per heavy atom. The lowest BCUT2D eigenvalue weighted by Crippen LogP contribution is -2.27. The molecular weight excluding hydrogens is 460 g/mol. The minimum atomic E-state index is -0.474. The average Bonchev–Trinajstić information content (AvgIpc) is 3.29. The lowest BCUT2D eigenvalue weighted by atomic mass is 10.0. The standard InChI is InChI=1S/C31H32N4O2/c1-31(34-28(25-13-7-5-8-14-25)29(35-31)26-15-9-6-10-16-26)21-11-3-2-4-12-22-33-30(36)37-27-19-17-24(23-32)18-20-27/h5-10,13-20H,2-4,11-12,21-22H2,1H3,(H,33,36). The lowest BCUT2D eigenvalue weighted by molar-refractivity contribution is 0.200. The topological polar surface area (TPSA) is 86.8 Å². The number of nitrogens with zero attached hydrogens (tertiary/aromatic N) is 3. The van der Waals surface area contributed by atoms with Gasteiger partial charge >= 0.3 is 6.09 Å². The van der Waals surface area contributed by atoms with Crippen LogP contribution in [0, 0.1) is 11.3 Å². The van der Waals surface area contributed by atoms with Crippen LogP contribution in [-0.4, -0.2) is 29.7 Å². The van der Waals surface area contributed by atoms with Crippen molar-refractivity contribution >= 4 is 17.5 Å². The molecule has 0 unspecified atom stereocenters. The molecule has 6 nitrogen and oxygen atoms in total. The van der Waals surface area contributed by atoms with Gasteiger partial charge < -0.3 is 10.1 Å². The number of unbranched alkanes of at least 4 members (excludes halogenated alkanes) is 4. The van der Waals surface area contributed by atoms with Crippen molar-refractivity contribution in [2.24, 2.45) is 9.98 Å². The van der Waals surface area contributed by atoms with E-state index in [4.69, 9.17) is 20.0 Å². The molecule has 0 radical (unpaired) electrons. The third kappa shape index (κ3) is 7.37. The Kier molecular flexibility index (Phi) is 8.83. The number of aliphatic imine (C=N–C) groups is 2. The Morgan fingerprint density at radius 2 is 1.35 bits per heavy atom. The van der Waals surface area contributed by atoms with Crippen LogP contribution in [-0.2, 0) is 0 Å². The Hall–Kier alpha value is -4.24. The highest BCUT2D eigenvalue weighted by atomic mass is 16.6. The first-order chi connectivity index (χ1) is 18.1. The molecule has 0 saturated heterocycles. The minimum Gasteiger partial charge on any atom is -0.410 e. The van der Waals surface area contributed by atoms with Gasteiger partial charge in [-0.3, -0.25) is 9.98 Å². The highest BCUT2D eigenvalue weighted by Gasteiger charge is 2.32. The van der Waals surface area contributed by atoms with Crippen molar-refractivity contribution in [2.75, 3.05) is 6.54 Å². The number of rotatable bonds is 11. The molecule has 188 valence electrons. The third-order valence-corrected chi connectivity index (χ3v) is 6.31. The quantitative estimate of drug-likeness (QED) is 0.302. The van der Waals surface area contributed by atoms with Gasteiger partial charge in [-0.2, -0.15) is 5.26 Å². The summed E-state index contributed by atoms with van der Waals surface area (Å²) in [6.45, 7) is 2.69. The molecule has 0 fully saturated rings. The smallest absolute Gasteiger partial charge is 0.410 e. The summed E-state index contributed by atoms with van der Waals surface area (Å²) < 4.78 is 5.22. The zero-order valence-corrected chi connectivity index (χ0v) is 21.2. The molecule has 0 spiro atoms. The molecule has 3 aromatic carbocycles. The van der Waals surface area contributed by atoms with Crippen LogP contribution in [0.25, 0.3) is 0 Å². The Labute approximate surface area is 218 Å². The molecule has 6 heteroatoms. The van der Waals surface area contributed by atoms with Gasteiger partial charge in [0.15, 0.2) is 0 Å². The summed E-state index contributed by atoms with van der Waals surface area (Å²) in [5.74, 6) is 0.424. The van der Waals surface area contributed by atoms with Crippen molar-refractivity contribution in [1.82, 2.24) is 5.32 Å². The zero-order chi connectivity index (χ0) is 25.9. The van der Waals surface area contributed by atoms with Crippen molar-refractivity contribution < 1.29 is 9.53 Å².